The van der Waals surface area contributed by atoms with Gasteiger partial charge in [-0.1, -0.05) is 12.1 Å². The second-order valence-corrected chi connectivity index (χ2v) is 6.62. The minimum absolute atomic E-state index is 0.0346. The minimum Gasteiger partial charge on any atom is -0.462 e. The molecule has 11 heteroatoms. The van der Waals surface area contributed by atoms with Crippen LogP contribution >= 0.6 is 11.8 Å². The predicted octanol–water partition coefficient (Wildman–Crippen LogP) is 4.68. The second kappa shape index (κ2) is 9.41. The van der Waals surface area contributed by atoms with Crippen LogP contribution in [-0.4, -0.2) is 35.3 Å². The van der Waals surface area contributed by atoms with Crippen LogP contribution in [0, 0.1) is 10.1 Å². The van der Waals surface area contributed by atoms with E-state index in [1.807, 2.05) is 0 Å². The minimum atomic E-state index is -4.39. The number of hydrogen-bond donors (Lipinski definition) is 1. The third-order valence-corrected chi connectivity index (χ3v) is 4.57. The zero-order valence-electron chi connectivity index (χ0n) is 15.0. The second-order valence-electron chi connectivity index (χ2n) is 5.60. The third-order valence-electron chi connectivity index (χ3n) is 3.43. The van der Waals surface area contributed by atoms with Crippen LogP contribution < -0.4 is 5.32 Å². The van der Waals surface area contributed by atoms with E-state index >= 15 is 0 Å². The Hall–Kier alpha value is -3.08. The summed E-state index contributed by atoms with van der Waals surface area (Å²) in [6, 6.07) is 8.90. The quantitative estimate of drug-likeness (QED) is 0.298. The highest BCUT2D eigenvalue weighted by atomic mass is 32.2. The zero-order chi connectivity index (χ0) is 21.6. The first-order valence-electron chi connectivity index (χ1n) is 8.17. The molecule has 0 atom stereocenters. The van der Waals surface area contributed by atoms with Crippen molar-refractivity contribution in [3.63, 3.8) is 0 Å². The molecule has 2 rings (SSSR count). The molecule has 0 aliphatic heterocycles. The smallest absolute Gasteiger partial charge is 0.398 e. The number of carbonyl (C=O) groups excluding carboxylic acids is 2. The van der Waals surface area contributed by atoms with Gasteiger partial charge >= 0.3 is 12.1 Å². The highest BCUT2D eigenvalue weighted by molar-refractivity contribution is 7.99. The van der Waals surface area contributed by atoms with E-state index < -0.39 is 34.4 Å². The van der Waals surface area contributed by atoms with Crippen molar-refractivity contribution >= 4 is 35.0 Å². The molecule has 0 heterocycles. The van der Waals surface area contributed by atoms with E-state index in [0.29, 0.717) is 11.8 Å². The lowest BCUT2D eigenvalue weighted by molar-refractivity contribution is -0.384. The maximum Gasteiger partial charge on any atom is 0.398 e. The summed E-state index contributed by atoms with van der Waals surface area (Å²) in [6.45, 7) is 1.59. The molecule has 1 N–H and O–H groups in total. The predicted molar refractivity (Wildman–Crippen MR) is 100 cm³/mol. The number of nitro groups is 1. The maximum absolute atomic E-state index is 12.6. The molecule has 0 aliphatic carbocycles. The summed E-state index contributed by atoms with van der Waals surface area (Å²) in [5.41, 5.74) is -0.791. The normalized spacial score (nSPS) is 11.0. The van der Waals surface area contributed by atoms with Crippen molar-refractivity contribution in [2.75, 3.05) is 17.7 Å². The Labute approximate surface area is 167 Å². The molecule has 0 bridgehead atoms. The van der Waals surface area contributed by atoms with E-state index in [2.05, 4.69) is 5.32 Å². The van der Waals surface area contributed by atoms with Gasteiger partial charge in [-0.15, -0.1) is 11.8 Å². The SMILES string of the molecule is CCOC(=O)c1cc(C(=O)Nc2ccccc2SCC(F)(F)F)cc([N+](=O)[O-])c1. The molecule has 0 aromatic heterocycles. The number of amides is 1. The van der Waals surface area contributed by atoms with Crippen LogP contribution in [0.3, 0.4) is 0 Å². The van der Waals surface area contributed by atoms with Crippen molar-refractivity contribution in [2.45, 2.75) is 18.0 Å². The number of nitrogens with one attached hydrogen (secondary N) is 1. The summed E-state index contributed by atoms with van der Waals surface area (Å²) in [7, 11) is 0. The Bertz CT molecular complexity index is 934. The molecule has 0 aliphatic rings. The van der Waals surface area contributed by atoms with Gasteiger partial charge in [0.2, 0.25) is 0 Å². The van der Waals surface area contributed by atoms with E-state index in [4.69, 9.17) is 4.74 Å². The first-order chi connectivity index (χ1) is 13.6. The van der Waals surface area contributed by atoms with Crippen molar-refractivity contribution in [3.05, 3.63) is 63.7 Å². The van der Waals surface area contributed by atoms with Crippen LogP contribution in [0.2, 0.25) is 0 Å². The molecule has 0 saturated carbocycles. The first kappa shape index (κ1) is 22.2. The van der Waals surface area contributed by atoms with Gasteiger partial charge in [0.05, 0.1) is 28.5 Å². The third kappa shape index (κ3) is 6.49. The molecular weight excluding hydrogens is 413 g/mol. The number of thioether (sulfide) groups is 1. The van der Waals surface area contributed by atoms with Crippen LogP contribution in [0.15, 0.2) is 47.4 Å². The van der Waals surface area contributed by atoms with Crippen LogP contribution in [0.1, 0.15) is 27.6 Å². The molecule has 0 fully saturated rings. The number of anilines is 1. The molecule has 29 heavy (non-hydrogen) atoms. The van der Waals surface area contributed by atoms with Gasteiger partial charge in [0.1, 0.15) is 0 Å². The molecule has 2 aromatic rings. The topological polar surface area (TPSA) is 98.5 Å². The summed E-state index contributed by atoms with van der Waals surface area (Å²) in [5.74, 6) is -2.81. The van der Waals surface area contributed by atoms with E-state index in [1.165, 1.54) is 24.3 Å². The highest BCUT2D eigenvalue weighted by Crippen LogP contribution is 2.32. The first-order valence-corrected chi connectivity index (χ1v) is 9.16. The Kier molecular flexibility index (Phi) is 7.21. The van der Waals surface area contributed by atoms with Crippen molar-refractivity contribution in [1.82, 2.24) is 0 Å². The number of esters is 1. The van der Waals surface area contributed by atoms with Gasteiger partial charge in [-0.2, -0.15) is 13.2 Å². The van der Waals surface area contributed by atoms with Gasteiger partial charge in [0, 0.05) is 22.6 Å². The van der Waals surface area contributed by atoms with Crippen LogP contribution in [0.25, 0.3) is 0 Å². The monoisotopic (exact) mass is 428 g/mol. The lowest BCUT2D eigenvalue weighted by Crippen LogP contribution is -2.15. The highest BCUT2D eigenvalue weighted by Gasteiger charge is 2.28. The largest absolute Gasteiger partial charge is 0.462 e. The average molecular weight is 428 g/mol. The van der Waals surface area contributed by atoms with Crippen molar-refractivity contribution in [1.29, 1.82) is 0 Å². The Morgan fingerprint density at radius 3 is 2.45 bits per heavy atom. The number of benzene rings is 2. The summed E-state index contributed by atoms with van der Waals surface area (Å²) < 4.78 is 42.3. The summed E-state index contributed by atoms with van der Waals surface area (Å²) in [5, 5.41) is 13.5. The van der Waals surface area contributed by atoms with Crippen LogP contribution in [0.5, 0.6) is 0 Å². The molecule has 0 unspecified atom stereocenters. The molecule has 2 aromatic carbocycles. The van der Waals surface area contributed by atoms with E-state index in [9.17, 15) is 32.9 Å². The van der Waals surface area contributed by atoms with Crippen molar-refractivity contribution in [3.8, 4) is 0 Å². The Morgan fingerprint density at radius 2 is 1.83 bits per heavy atom. The number of halogens is 3. The number of alkyl halides is 3. The Morgan fingerprint density at radius 1 is 1.17 bits per heavy atom. The number of hydrogen-bond acceptors (Lipinski definition) is 6. The zero-order valence-corrected chi connectivity index (χ0v) is 15.8. The fourth-order valence-corrected chi connectivity index (χ4v) is 3.00. The summed E-state index contributed by atoms with van der Waals surface area (Å²) in [6.07, 6.45) is -4.39. The molecule has 154 valence electrons. The number of nitro benzene ring substituents is 1. The summed E-state index contributed by atoms with van der Waals surface area (Å²) in [4.78, 5) is 35.0. The van der Waals surface area contributed by atoms with Gasteiger partial charge in [0.15, 0.2) is 0 Å². The van der Waals surface area contributed by atoms with Gasteiger partial charge < -0.3 is 10.1 Å². The van der Waals surface area contributed by atoms with Gasteiger partial charge in [-0.05, 0) is 25.1 Å². The number of non-ortho nitro benzene ring substituents is 1. The molecule has 0 radical (unpaired) electrons. The summed E-state index contributed by atoms with van der Waals surface area (Å²) >= 11 is 0.492. The molecule has 0 saturated heterocycles. The number of nitrogens with zero attached hydrogens (tertiary/aromatic N) is 1. The van der Waals surface area contributed by atoms with Crippen LogP contribution in [-0.2, 0) is 4.74 Å². The fraction of sp³-hybridized carbons (Fsp3) is 0.222. The van der Waals surface area contributed by atoms with E-state index in [-0.39, 0.29) is 28.3 Å². The van der Waals surface area contributed by atoms with E-state index in [0.717, 1.165) is 18.2 Å². The molecule has 0 spiro atoms. The average Bonchev–Trinajstić information content (AvgIpc) is 2.66. The van der Waals surface area contributed by atoms with Gasteiger partial charge in [-0.3, -0.25) is 14.9 Å². The van der Waals surface area contributed by atoms with E-state index in [1.54, 1.807) is 6.92 Å². The molecule has 1 amide bonds. The Balaban J connectivity index is 2.31. The maximum atomic E-state index is 12.6. The lowest BCUT2D eigenvalue weighted by Gasteiger charge is -2.12. The standard InChI is InChI=1S/C18H15F3N2O5S/c1-2-28-17(25)12-7-11(8-13(9-12)23(26)27)16(24)22-14-5-3-4-6-15(14)29-10-18(19,20)21/h3-9H,2,10H2,1H3,(H,22,24). The fourth-order valence-electron chi connectivity index (χ4n) is 2.23. The van der Waals surface area contributed by atoms with Crippen LogP contribution in [0.4, 0.5) is 24.5 Å². The number of ether oxygens (including phenoxy) is 1. The van der Waals surface area contributed by atoms with Crippen molar-refractivity contribution in [2.24, 2.45) is 0 Å². The number of para-hydroxylation sites is 1. The van der Waals surface area contributed by atoms with Gasteiger partial charge in [-0.25, -0.2) is 4.79 Å². The van der Waals surface area contributed by atoms with Gasteiger partial charge in [0.25, 0.3) is 11.6 Å². The van der Waals surface area contributed by atoms with Crippen molar-refractivity contribution < 1.29 is 32.4 Å². The molecular formula is C18H15F3N2O5S. The number of rotatable bonds is 7. The molecule has 7 nitrogen and oxygen atoms in total. The lowest BCUT2D eigenvalue weighted by atomic mass is 10.1. The number of carbonyl (C=O) groups is 2.